The van der Waals surface area contributed by atoms with Crippen molar-refractivity contribution >= 4 is 28.1 Å². The van der Waals surface area contributed by atoms with Gasteiger partial charge in [0.05, 0.1) is 0 Å². The van der Waals surface area contributed by atoms with Gasteiger partial charge in [-0.2, -0.15) is 0 Å². The summed E-state index contributed by atoms with van der Waals surface area (Å²) in [4.78, 5) is 4.14. The van der Waals surface area contributed by atoms with Gasteiger partial charge >= 0.3 is 0 Å². The Morgan fingerprint density at radius 1 is 1.54 bits per heavy atom. The van der Waals surface area contributed by atoms with E-state index in [0.29, 0.717) is 11.2 Å². The highest BCUT2D eigenvalue weighted by molar-refractivity contribution is 7.14. The van der Waals surface area contributed by atoms with Crippen LogP contribution in [0.2, 0.25) is 5.15 Å². The summed E-state index contributed by atoms with van der Waals surface area (Å²) >= 11 is 7.26. The summed E-state index contributed by atoms with van der Waals surface area (Å²) in [6.45, 7) is 1.69. The highest BCUT2D eigenvalue weighted by Gasteiger charge is 2.14. The van der Waals surface area contributed by atoms with Gasteiger partial charge in [-0.05, 0) is 12.8 Å². The third kappa shape index (κ3) is 2.56. The monoisotopic (exact) mass is 218 g/mol. The molecule has 0 amide bonds. The van der Waals surface area contributed by atoms with Crippen molar-refractivity contribution in [1.82, 2.24) is 4.98 Å². The predicted molar refractivity (Wildman–Crippen MR) is 54.6 cm³/mol. The van der Waals surface area contributed by atoms with Crippen LogP contribution in [0.3, 0.4) is 0 Å². The number of halogens is 1. The fourth-order valence-corrected chi connectivity index (χ4v) is 2.25. The lowest BCUT2D eigenvalue weighted by Gasteiger charge is -2.22. The van der Waals surface area contributed by atoms with Crippen LogP contribution in [0.15, 0.2) is 5.38 Å². The number of hydrogen-bond donors (Lipinski definition) is 1. The Balaban J connectivity index is 1.89. The summed E-state index contributed by atoms with van der Waals surface area (Å²) < 4.78 is 5.26. The Hall–Kier alpha value is -0.320. The van der Waals surface area contributed by atoms with Gasteiger partial charge in [0.2, 0.25) is 0 Å². The largest absolute Gasteiger partial charge is 0.381 e. The molecular formula is C8H11ClN2OS. The number of nitrogens with one attached hydrogen (secondary N) is 1. The van der Waals surface area contributed by atoms with Crippen LogP contribution < -0.4 is 5.32 Å². The molecule has 0 aliphatic carbocycles. The van der Waals surface area contributed by atoms with E-state index in [9.17, 15) is 0 Å². The number of anilines is 1. The second-order valence-corrected chi connectivity index (χ2v) is 4.25. The van der Waals surface area contributed by atoms with Gasteiger partial charge in [-0.1, -0.05) is 11.6 Å². The molecule has 1 aromatic heterocycles. The van der Waals surface area contributed by atoms with Crippen LogP contribution >= 0.6 is 22.9 Å². The minimum absolute atomic E-state index is 0.496. The molecule has 0 unspecified atom stereocenters. The highest BCUT2D eigenvalue weighted by atomic mass is 35.5. The Bertz CT molecular complexity index is 273. The summed E-state index contributed by atoms with van der Waals surface area (Å²) in [6, 6.07) is 0.496. The van der Waals surface area contributed by atoms with Gasteiger partial charge in [0.25, 0.3) is 0 Å². The second kappa shape index (κ2) is 4.26. The maximum absolute atomic E-state index is 5.71. The molecule has 3 nitrogen and oxygen atoms in total. The second-order valence-electron chi connectivity index (χ2n) is 3.01. The van der Waals surface area contributed by atoms with E-state index in [-0.39, 0.29) is 0 Å². The van der Waals surface area contributed by atoms with Gasteiger partial charge in [-0.15, -0.1) is 11.3 Å². The fraction of sp³-hybridized carbons (Fsp3) is 0.625. The van der Waals surface area contributed by atoms with Gasteiger partial charge in [-0.25, -0.2) is 4.98 Å². The molecule has 1 aromatic rings. The number of aromatic nitrogens is 1. The van der Waals surface area contributed by atoms with Crippen LogP contribution in [-0.2, 0) is 4.74 Å². The Morgan fingerprint density at radius 2 is 2.31 bits per heavy atom. The summed E-state index contributed by atoms with van der Waals surface area (Å²) in [7, 11) is 0. The van der Waals surface area contributed by atoms with E-state index < -0.39 is 0 Å². The predicted octanol–water partition coefficient (Wildman–Crippen LogP) is 2.39. The topological polar surface area (TPSA) is 34.1 Å². The maximum Gasteiger partial charge on any atom is 0.184 e. The quantitative estimate of drug-likeness (QED) is 0.828. The van der Waals surface area contributed by atoms with Gasteiger partial charge < -0.3 is 10.1 Å². The standard InChI is InChI=1S/C8H11ClN2OS/c9-7-5-13-8(11-7)10-6-1-3-12-4-2-6/h5-6H,1-4H2,(H,10,11). The van der Waals surface area contributed by atoms with Crippen molar-refractivity contribution in [3.63, 3.8) is 0 Å². The molecule has 0 atom stereocenters. The zero-order valence-electron chi connectivity index (χ0n) is 7.12. The normalized spacial score (nSPS) is 18.8. The van der Waals surface area contributed by atoms with Crippen LogP contribution in [0, 0.1) is 0 Å². The molecule has 0 bridgehead atoms. The molecule has 0 saturated carbocycles. The van der Waals surface area contributed by atoms with Crippen molar-refractivity contribution in [2.45, 2.75) is 18.9 Å². The van der Waals surface area contributed by atoms with Crippen molar-refractivity contribution in [2.75, 3.05) is 18.5 Å². The van der Waals surface area contributed by atoms with Crippen molar-refractivity contribution in [1.29, 1.82) is 0 Å². The maximum atomic E-state index is 5.71. The number of hydrogen-bond acceptors (Lipinski definition) is 4. The SMILES string of the molecule is Clc1csc(NC2CCOCC2)n1. The molecule has 72 valence electrons. The number of rotatable bonds is 2. The van der Waals surface area contributed by atoms with Crippen LogP contribution in [0.4, 0.5) is 5.13 Å². The van der Waals surface area contributed by atoms with Crippen LogP contribution in [0.25, 0.3) is 0 Å². The fourth-order valence-electron chi connectivity index (χ4n) is 1.34. The van der Waals surface area contributed by atoms with Gasteiger partial charge in [0.1, 0.15) is 5.15 Å². The number of nitrogens with zero attached hydrogens (tertiary/aromatic N) is 1. The van der Waals surface area contributed by atoms with Crippen molar-refractivity contribution in [2.24, 2.45) is 0 Å². The highest BCUT2D eigenvalue weighted by Crippen LogP contribution is 2.21. The molecule has 0 aromatic carbocycles. The zero-order valence-corrected chi connectivity index (χ0v) is 8.70. The molecule has 5 heteroatoms. The van der Waals surface area contributed by atoms with Gasteiger partial charge in [0, 0.05) is 24.6 Å². The van der Waals surface area contributed by atoms with E-state index >= 15 is 0 Å². The van der Waals surface area contributed by atoms with E-state index in [4.69, 9.17) is 16.3 Å². The van der Waals surface area contributed by atoms with Crippen LogP contribution in [-0.4, -0.2) is 24.2 Å². The summed E-state index contributed by atoms with van der Waals surface area (Å²) in [5.41, 5.74) is 0. The Labute approximate surface area is 86.1 Å². The van der Waals surface area contributed by atoms with Gasteiger partial charge in [0.15, 0.2) is 5.13 Å². The molecule has 1 aliphatic rings. The smallest absolute Gasteiger partial charge is 0.184 e. The molecule has 13 heavy (non-hydrogen) atoms. The first-order valence-corrected chi connectivity index (χ1v) is 5.55. The first kappa shape index (κ1) is 9.24. The first-order chi connectivity index (χ1) is 6.34. The number of thiazole rings is 1. The van der Waals surface area contributed by atoms with E-state index in [2.05, 4.69) is 10.3 Å². The lowest BCUT2D eigenvalue weighted by molar-refractivity contribution is 0.0904. The molecule has 2 rings (SSSR count). The van der Waals surface area contributed by atoms with E-state index in [1.54, 1.807) is 11.3 Å². The van der Waals surface area contributed by atoms with E-state index in [1.165, 1.54) is 0 Å². The molecule has 2 heterocycles. The molecule has 1 fully saturated rings. The Morgan fingerprint density at radius 3 is 2.92 bits per heavy atom. The third-order valence-electron chi connectivity index (χ3n) is 2.03. The Kier molecular flexibility index (Phi) is 3.03. The van der Waals surface area contributed by atoms with Crippen molar-refractivity contribution in [3.8, 4) is 0 Å². The average Bonchev–Trinajstić information content (AvgIpc) is 2.53. The van der Waals surface area contributed by atoms with E-state index in [0.717, 1.165) is 31.2 Å². The zero-order chi connectivity index (χ0) is 9.10. The third-order valence-corrected chi connectivity index (χ3v) is 3.12. The molecule has 0 spiro atoms. The van der Waals surface area contributed by atoms with E-state index in [1.807, 2.05) is 5.38 Å². The molecule has 1 aliphatic heterocycles. The lowest BCUT2D eigenvalue weighted by atomic mass is 10.1. The molecule has 0 radical (unpaired) electrons. The molecule has 1 saturated heterocycles. The summed E-state index contributed by atoms with van der Waals surface area (Å²) in [5.74, 6) is 0. The lowest BCUT2D eigenvalue weighted by Crippen LogP contribution is -2.27. The van der Waals surface area contributed by atoms with Crippen molar-refractivity contribution < 1.29 is 4.74 Å². The minimum Gasteiger partial charge on any atom is -0.381 e. The van der Waals surface area contributed by atoms with Crippen LogP contribution in [0.5, 0.6) is 0 Å². The minimum atomic E-state index is 0.496. The average molecular weight is 219 g/mol. The summed E-state index contributed by atoms with van der Waals surface area (Å²) in [5, 5.41) is 6.66. The van der Waals surface area contributed by atoms with Crippen LogP contribution in [0.1, 0.15) is 12.8 Å². The van der Waals surface area contributed by atoms with Crippen molar-refractivity contribution in [3.05, 3.63) is 10.5 Å². The first-order valence-electron chi connectivity index (χ1n) is 4.30. The molecular weight excluding hydrogens is 208 g/mol. The number of ether oxygens (including phenoxy) is 1. The summed E-state index contributed by atoms with van der Waals surface area (Å²) in [6.07, 6.45) is 2.11. The van der Waals surface area contributed by atoms with Gasteiger partial charge in [-0.3, -0.25) is 0 Å². The molecule has 1 N–H and O–H groups in total.